The van der Waals surface area contributed by atoms with E-state index in [0.717, 1.165) is 25.7 Å². The summed E-state index contributed by atoms with van der Waals surface area (Å²) in [6.07, 6.45) is 3.81. The molecule has 17 heavy (non-hydrogen) atoms. The summed E-state index contributed by atoms with van der Waals surface area (Å²) in [7, 11) is 0. The average molecular weight is 238 g/mol. The molecule has 0 aromatic carbocycles. The molecule has 1 saturated carbocycles. The van der Waals surface area contributed by atoms with Crippen LogP contribution in [0.4, 0.5) is 0 Å². The number of carbonyl (C=O) groups is 1. The summed E-state index contributed by atoms with van der Waals surface area (Å²) in [5, 5.41) is 17.0. The Morgan fingerprint density at radius 3 is 2.59 bits per heavy atom. The van der Waals surface area contributed by atoms with Gasteiger partial charge < -0.3 is 5.11 Å². The summed E-state index contributed by atoms with van der Waals surface area (Å²) < 4.78 is 4.64. The van der Waals surface area contributed by atoms with Gasteiger partial charge in [-0.2, -0.15) is 0 Å². The number of aliphatic carboxylic acids is 1. The minimum atomic E-state index is -0.716. The molecule has 0 bridgehead atoms. The van der Waals surface area contributed by atoms with E-state index in [-0.39, 0.29) is 0 Å². The van der Waals surface area contributed by atoms with E-state index in [1.54, 1.807) is 6.92 Å². The van der Waals surface area contributed by atoms with Crippen molar-refractivity contribution in [3.63, 3.8) is 0 Å². The Hall–Kier alpha value is -1.39. The molecular weight excluding hydrogens is 220 g/mol. The number of aryl methyl sites for hydroxylation is 1. The third-order valence-electron chi connectivity index (χ3n) is 3.94. The van der Waals surface area contributed by atoms with Crippen LogP contribution in [-0.4, -0.2) is 21.4 Å². The summed E-state index contributed by atoms with van der Waals surface area (Å²) in [4.78, 5) is 11.5. The standard InChI is InChI=1S/C12H18N2O3/c1-8-3-5-12(6-4-8,11(15)16)7-10-9(2)13-17-14-10/h8H,3-7H2,1-2H3,(H,15,16). The summed E-state index contributed by atoms with van der Waals surface area (Å²) in [6.45, 7) is 3.97. The number of hydrogen-bond donors (Lipinski definition) is 1. The number of nitrogens with zero attached hydrogens (tertiary/aromatic N) is 2. The van der Waals surface area contributed by atoms with Crippen LogP contribution in [0.1, 0.15) is 44.0 Å². The highest BCUT2D eigenvalue weighted by molar-refractivity contribution is 5.75. The molecule has 1 aromatic heterocycles. The smallest absolute Gasteiger partial charge is 0.310 e. The fourth-order valence-corrected chi connectivity index (χ4v) is 2.51. The normalized spacial score (nSPS) is 29.2. The molecule has 2 rings (SSSR count). The Bertz CT molecular complexity index is 406. The zero-order valence-electron chi connectivity index (χ0n) is 10.3. The largest absolute Gasteiger partial charge is 0.481 e. The molecule has 94 valence electrons. The molecule has 0 spiro atoms. The van der Waals surface area contributed by atoms with Crippen molar-refractivity contribution in [1.82, 2.24) is 10.3 Å². The third kappa shape index (κ3) is 2.33. The van der Waals surface area contributed by atoms with Gasteiger partial charge in [0.25, 0.3) is 0 Å². The van der Waals surface area contributed by atoms with E-state index in [1.165, 1.54) is 0 Å². The molecule has 1 N–H and O–H groups in total. The van der Waals surface area contributed by atoms with Crippen molar-refractivity contribution in [1.29, 1.82) is 0 Å². The van der Waals surface area contributed by atoms with E-state index < -0.39 is 11.4 Å². The van der Waals surface area contributed by atoms with Crippen LogP contribution in [0.2, 0.25) is 0 Å². The predicted molar refractivity (Wildman–Crippen MR) is 60.4 cm³/mol. The Balaban J connectivity index is 2.18. The van der Waals surface area contributed by atoms with E-state index in [9.17, 15) is 9.90 Å². The summed E-state index contributed by atoms with van der Waals surface area (Å²) in [5.41, 5.74) is 0.710. The Morgan fingerprint density at radius 1 is 1.47 bits per heavy atom. The molecular formula is C12H18N2O3. The molecule has 0 radical (unpaired) electrons. The van der Waals surface area contributed by atoms with Gasteiger partial charge in [-0.1, -0.05) is 17.2 Å². The molecule has 0 unspecified atom stereocenters. The number of hydrogen-bond acceptors (Lipinski definition) is 4. The lowest BCUT2D eigenvalue weighted by Gasteiger charge is -2.35. The lowest BCUT2D eigenvalue weighted by Crippen LogP contribution is -2.37. The highest BCUT2D eigenvalue weighted by Crippen LogP contribution is 2.41. The van der Waals surface area contributed by atoms with Gasteiger partial charge in [0, 0.05) is 6.42 Å². The molecule has 1 aliphatic carbocycles. The van der Waals surface area contributed by atoms with Crippen molar-refractivity contribution in [2.75, 3.05) is 0 Å². The maximum absolute atomic E-state index is 11.5. The van der Waals surface area contributed by atoms with Gasteiger partial charge in [0.05, 0.1) is 5.41 Å². The SMILES string of the molecule is Cc1nonc1CC1(C(=O)O)CCC(C)CC1. The molecule has 1 heterocycles. The van der Waals surface area contributed by atoms with E-state index in [4.69, 9.17) is 0 Å². The summed E-state index contributed by atoms with van der Waals surface area (Å²) >= 11 is 0. The second kappa shape index (κ2) is 4.47. The molecule has 1 aliphatic rings. The van der Waals surface area contributed by atoms with Crippen molar-refractivity contribution >= 4 is 5.97 Å². The number of carboxylic acids is 1. The van der Waals surface area contributed by atoms with Crippen molar-refractivity contribution in [3.8, 4) is 0 Å². The van der Waals surface area contributed by atoms with E-state index >= 15 is 0 Å². The van der Waals surface area contributed by atoms with Crippen LogP contribution in [-0.2, 0) is 11.2 Å². The highest BCUT2D eigenvalue weighted by atomic mass is 16.6. The highest BCUT2D eigenvalue weighted by Gasteiger charge is 2.42. The van der Waals surface area contributed by atoms with Gasteiger partial charge in [-0.3, -0.25) is 4.79 Å². The first kappa shape index (κ1) is 12.1. The fraction of sp³-hybridized carbons (Fsp3) is 0.750. The second-order valence-electron chi connectivity index (χ2n) is 5.24. The zero-order chi connectivity index (χ0) is 12.5. The molecule has 1 fully saturated rings. The van der Waals surface area contributed by atoms with Crippen molar-refractivity contribution < 1.29 is 14.5 Å². The van der Waals surface area contributed by atoms with Crippen LogP contribution in [0.3, 0.4) is 0 Å². The minimum absolute atomic E-state index is 0.435. The van der Waals surface area contributed by atoms with E-state index in [2.05, 4.69) is 21.9 Å². The third-order valence-corrected chi connectivity index (χ3v) is 3.94. The van der Waals surface area contributed by atoms with Gasteiger partial charge in [-0.25, -0.2) is 4.63 Å². The second-order valence-corrected chi connectivity index (χ2v) is 5.24. The lowest BCUT2D eigenvalue weighted by molar-refractivity contribution is -0.151. The lowest BCUT2D eigenvalue weighted by atomic mass is 9.68. The molecule has 1 aromatic rings. The van der Waals surface area contributed by atoms with Gasteiger partial charge in [0.15, 0.2) is 0 Å². The Labute approximate surface area is 100 Å². The minimum Gasteiger partial charge on any atom is -0.481 e. The Morgan fingerprint density at radius 2 is 2.12 bits per heavy atom. The van der Waals surface area contributed by atoms with E-state index in [1.807, 2.05) is 0 Å². The maximum Gasteiger partial charge on any atom is 0.310 e. The summed E-state index contributed by atoms with van der Waals surface area (Å²) in [5.74, 6) is -0.0918. The van der Waals surface area contributed by atoms with Gasteiger partial charge >= 0.3 is 5.97 Å². The quantitative estimate of drug-likeness (QED) is 0.873. The molecule has 0 saturated heterocycles. The monoisotopic (exact) mass is 238 g/mol. The fourth-order valence-electron chi connectivity index (χ4n) is 2.51. The van der Waals surface area contributed by atoms with Gasteiger partial charge in [0.2, 0.25) is 0 Å². The first-order valence-corrected chi connectivity index (χ1v) is 6.05. The molecule has 0 aliphatic heterocycles. The van der Waals surface area contributed by atoms with Crippen LogP contribution in [0.25, 0.3) is 0 Å². The van der Waals surface area contributed by atoms with E-state index in [0.29, 0.717) is 23.7 Å². The molecule has 5 heteroatoms. The van der Waals surface area contributed by atoms with Crippen molar-refractivity contribution in [3.05, 3.63) is 11.4 Å². The van der Waals surface area contributed by atoms with Crippen LogP contribution in [0.15, 0.2) is 4.63 Å². The average Bonchev–Trinajstić information content (AvgIpc) is 2.68. The molecule has 0 amide bonds. The summed E-state index contributed by atoms with van der Waals surface area (Å²) in [6, 6.07) is 0. The maximum atomic E-state index is 11.5. The van der Waals surface area contributed by atoms with Gasteiger partial charge in [-0.15, -0.1) is 0 Å². The van der Waals surface area contributed by atoms with Crippen molar-refractivity contribution in [2.45, 2.75) is 46.0 Å². The Kier molecular flexibility index (Phi) is 3.17. The number of carboxylic acid groups (broad SMARTS) is 1. The number of rotatable bonds is 3. The number of aromatic nitrogens is 2. The van der Waals surface area contributed by atoms with Crippen molar-refractivity contribution in [2.24, 2.45) is 11.3 Å². The topological polar surface area (TPSA) is 76.2 Å². The van der Waals surface area contributed by atoms with Crippen LogP contribution in [0.5, 0.6) is 0 Å². The van der Waals surface area contributed by atoms with Crippen LogP contribution >= 0.6 is 0 Å². The molecule has 0 atom stereocenters. The zero-order valence-corrected chi connectivity index (χ0v) is 10.3. The first-order valence-electron chi connectivity index (χ1n) is 6.05. The predicted octanol–water partition coefficient (Wildman–Crippen LogP) is 2.20. The van der Waals surface area contributed by atoms with Crippen LogP contribution in [0, 0.1) is 18.3 Å². The molecule has 5 nitrogen and oxygen atoms in total. The van der Waals surface area contributed by atoms with Gasteiger partial charge in [0.1, 0.15) is 11.4 Å². The van der Waals surface area contributed by atoms with Crippen LogP contribution < -0.4 is 0 Å². The van der Waals surface area contributed by atoms with Gasteiger partial charge in [-0.05, 0) is 38.5 Å². The first-order chi connectivity index (χ1) is 8.03.